The molecule has 0 saturated carbocycles. The number of rotatable bonds is 5. The van der Waals surface area contributed by atoms with Gasteiger partial charge in [0.25, 0.3) is 0 Å². The maximum atomic E-state index is 9.16. The van der Waals surface area contributed by atoms with Crippen molar-refractivity contribution in [2.75, 3.05) is 6.54 Å². The first-order valence-corrected chi connectivity index (χ1v) is 5.99. The zero-order valence-electron chi connectivity index (χ0n) is 10.3. The third kappa shape index (κ3) is 2.84. The molecule has 2 rings (SSSR count). The Balaban J connectivity index is 2.02. The highest BCUT2D eigenvalue weighted by Gasteiger charge is 2.04. The molecule has 2 aromatic heterocycles. The van der Waals surface area contributed by atoms with Gasteiger partial charge in [-0.3, -0.25) is 0 Å². The SMILES string of the molecule is Cc1cccn2c(CNCCC(C)O)cnc12. The summed E-state index contributed by atoms with van der Waals surface area (Å²) in [4.78, 5) is 4.41. The molecule has 2 N–H and O–H groups in total. The highest BCUT2D eigenvalue weighted by Crippen LogP contribution is 2.10. The number of fused-ring (bicyclic) bond motifs is 1. The van der Waals surface area contributed by atoms with Crippen molar-refractivity contribution in [2.45, 2.75) is 32.9 Å². The van der Waals surface area contributed by atoms with E-state index in [1.54, 1.807) is 6.92 Å². The van der Waals surface area contributed by atoms with Crippen LogP contribution < -0.4 is 5.32 Å². The first kappa shape index (κ1) is 12.1. The van der Waals surface area contributed by atoms with Gasteiger partial charge in [0.05, 0.1) is 18.0 Å². The quantitative estimate of drug-likeness (QED) is 0.769. The molecule has 92 valence electrons. The Morgan fingerprint density at radius 3 is 3.12 bits per heavy atom. The Morgan fingerprint density at radius 1 is 1.53 bits per heavy atom. The molecular formula is C13H19N3O. The lowest BCUT2D eigenvalue weighted by Gasteiger charge is -2.06. The molecule has 0 aliphatic rings. The molecule has 0 amide bonds. The summed E-state index contributed by atoms with van der Waals surface area (Å²) in [5, 5.41) is 12.5. The first-order chi connectivity index (χ1) is 8.18. The molecule has 2 aromatic rings. The standard InChI is InChI=1S/C13H19N3O/c1-10-4-3-7-16-12(9-15-13(10)16)8-14-6-5-11(2)17/h3-4,7,9,11,14,17H,5-6,8H2,1-2H3. The summed E-state index contributed by atoms with van der Waals surface area (Å²) in [6.45, 7) is 5.46. The van der Waals surface area contributed by atoms with Gasteiger partial charge >= 0.3 is 0 Å². The number of nitrogens with one attached hydrogen (secondary N) is 1. The molecule has 0 aromatic carbocycles. The Kier molecular flexibility index (Phi) is 3.76. The van der Waals surface area contributed by atoms with Gasteiger partial charge in [-0.15, -0.1) is 0 Å². The van der Waals surface area contributed by atoms with E-state index in [-0.39, 0.29) is 6.10 Å². The van der Waals surface area contributed by atoms with E-state index in [9.17, 15) is 0 Å². The van der Waals surface area contributed by atoms with Gasteiger partial charge in [0.2, 0.25) is 0 Å². The summed E-state index contributed by atoms with van der Waals surface area (Å²) >= 11 is 0. The Hall–Kier alpha value is -1.39. The van der Waals surface area contributed by atoms with Crippen molar-refractivity contribution in [2.24, 2.45) is 0 Å². The lowest BCUT2D eigenvalue weighted by molar-refractivity contribution is 0.183. The van der Waals surface area contributed by atoms with Crippen molar-refractivity contribution < 1.29 is 5.11 Å². The topological polar surface area (TPSA) is 49.6 Å². The molecule has 0 radical (unpaired) electrons. The molecule has 0 saturated heterocycles. The third-order valence-corrected chi connectivity index (χ3v) is 2.85. The van der Waals surface area contributed by atoms with Gasteiger partial charge in [0.15, 0.2) is 0 Å². The third-order valence-electron chi connectivity index (χ3n) is 2.85. The molecular weight excluding hydrogens is 214 g/mol. The fourth-order valence-electron chi connectivity index (χ4n) is 1.86. The summed E-state index contributed by atoms with van der Waals surface area (Å²) in [7, 11) is 0. The van der Waals surface area contributed by atoms with Gasteiger partial charge < -0.3 is 14.8 Å². The number of hydrogen-bond acceptors (Lipinski definition) is 3. The monoisotopic (exact) mass is 233 g/mol. The molecule has 2 heterocycles. The van der Waals surface area contributed by atoms with Crippen LogP contribution in [0.25, 0.3) is 5.65 Å². The van der Waals surface area contributed by atoms with E-state index in [1.807, 2.05) is 18.5 Å². The normalized spacial score (nSPS) is 13.1. The summed E-state index contributed by atoms with van der Waals surface area (Å²) in [5.41, 5.74) is 3.34. The summed E-state index contributed by atoms with van der Waals surface area (Å²) in [6, 6.07) is 4.09. The minimum atomic E-state index is -0.244. The van der Waals surface area contributed by atoms with Crippen LogP contribution in [0.4, 0.5) is 0 Å². The van der Waals surface area contributed by atoms with Gasteiger partial charge in [-0.05, 0) is 38.4 Å². The molecule has 0 bridgehead atoms. The maximum absolute atomic E-state index is 9.16. The zero-order chi connectivity index (χ0) is 12.3. The molecule has 0 spiro atoms. The minimum Gasteiger partial charge on any atom is -0.393 e. The average Bonchev–Trinajstić information content (AvgIpc) is 2.69. The molecule has 0 fully saturated rings. The summed E-state index contributed by atoms with van der Waals surface area (Å²) in [5.74, 6) is 0. The second-order valence-corrected chi connectivity index (χ2v) is 4.45. The number of hydrogen-bond donors (Lipinski definition) is 2. The lowest BCUT2D eigenvalue weighted by atomic mass is 10.3. The molecule has 1 atom stereocenters. The lowest BCUT2D eigenvalue weighted by Crippen LogP contribution is -2.19. The van der Waals surface area contributed by atoms with Crippen molar-refractivity contribution in [3.05, 3.63) is 35.8 Å². The van der Waals surface area contributed by atoms with E-state index in [0.29, 0.717) is 0 Å². The second kappa shape index (κ2) is 5.29. The van der Waals surface area contributed by atoms with Crippen LogP contribution in [0.3, 0.4) is 0 Å². The molecule has 4 nitrogen and oxygen atoms in total. The number of pyridine rings is 1. The van der Waals surface area contributed by atoms with E-state index >= 15 is 0 Å². The van der Waals surface area contributed by atoms with Gasteiger partial charge in [-0.25, -0.2) is 4.98 Å². The van der Waals surface area contributed by atoms with E-state index in [1.165, 1.54) is 5.56 Å². The highest BCUT2D eigenvalue weighted by molar-refractivity contribution is 5.48. The predicted octanol–water partition coefficient (Wildman–Crippen LogP) is 1.50. The fourth-order valence-corrected chi connectivity index (χ4v) is 1.86. The van der Waals surface area contributed by atoms with E-state index in [2.05, 4.69) is 27.7 Å². The van der Waals surface area contributed by atoms with E-state index in [0.717, 1.165) is 30.9 Å². The average molecular weight is 233 g/mol. The number of nitrogens with zero attached hydrogens (tertiary/aromatic N) is 2. The van der Waals surface area contributed by atoms with Crippen molar-refractivity contribution in [1.82, 2.24) is 14.7 Å². The minimum absolute atomic E-state index is 0.244. The Bertz CT molecular complexity index is 490. The molecule has 0 aliphatic heterocycles. The molecule has 0 aliphatic carbocycles. The van der Waals surface area contributed by atoms with Gasteiger partial charge in [-0.2, -0.15) is 0 Å². The van der Waals surface area contributed by atoms with Crippen molar-refractivity contribution in [3.63, 3.8) is 0 Å². The van der Waals surface area contributed by atoms with E-state index in [4.69, 9.17) is 5.11 Å². The van der Waals surface area contributed by atoms with Gasteiger partial charge in [0.1, 0.15) is 5.65 Å². The van der Waals surface area contributed by atoms with Crippen LogP contribution >= 0.6 is 0 Å². The van der Waals surface area contributed by atoms with Crippen LogP contribution in [0, 0.1) is 6.92 Å². The number of aliphatic hydroxyl groups is 1. The summed E-state index contributed by atoms with van der Waals surface area (Å²) < 4.78 is 2.10. The van der Waals surface area contributed by atoms with Crippen LogP contribution in [0.15, 0.2) is 24.5 Å². The van der Waals surface area contributed by atoms with Crippen LogP contribution in [-0.4, -0.2) is 27.1 Å². The highest BCUT2D eigenvalue weighted by atomic mass is 16.3. The van der Waals surface area contributed by atoms with Gasteiger partial charge in [0, 0.05) is 12.7 Å². The number of aliphatic hydroxyl groups excluding tert-OH is 1. The van der Waals surface area contributed by atoms with Crippen molar-refractivity contribution in [3.8, 4) is 0 Å². The second-order valence-electron chi connectivity index (χ2n) is 4.45. The van der Waals surface area contributed by atoms with Crippen LogP contribution in [0.1, 0.15) is 24.6 Å². The smallest absolute Gasteiger partial charge is 0.139 e. The first-order valence-electron chi connectivity index (χ1n) is 5.99. The van der Waals surface area contributed by atoms with Crippen LogP contribution in [-0.2, 0) is 6.54 Å². The van der Waals surface area contributed by atoms with Crippen LogP contribution in [0.2, 0.25) is 0 Å². The van der Waals surface area contributed by atoms with E-state index < -0.39 is 0 Å². The Morgan fingerprint density at radius 2 is 2.35 bits per heavy atom. The maximum Gasteiger partial charge on any atom is 0.139 e. The van der Waals surface area contributed by atoms with Crippen molar-refractivity contribution >= 4 is 5.65 Å². The largest absolute Gasteiger partial charge is 0.393 e. The Labute approximate surface area is 101 Å². The number of aromatic nitrogens is 2. The zero-order valence-corrected chi connectivity index (χ0v) is 10.3. The predicted molar refractivity (Wildman–Crippen MR) is 67.9 cm³/mol. The van der Waals surface area contributed by atoms with Gasteiger partial charge in [-0.1, -0.05) is 6.07 Å². The molecule has 1 unspecified atom stereocenters. The van der Waals surface area contributed by atoms with Crippen molar-refractivity contribution in [1.29, 1.82) is 0 Å². The molecule has 17 heavy (non-hydrogen) atoms. The van der Waals surface area contributed by atoms with Crippen LogP contribution in [0.5, 0.6) is 0 Å². The summed E-state index contributed by atoms with van der Waals surface area (Å²) in [6.07, 6.45) is 4.46. The fraction of sp³-hybridized carbons (Fsp3) is 0.462. The number of aryl methyl sites for hydroxylation is 1. The number of imidazole rings is 1. The molecule has 4 heteroatoms.